The van der Waals surface area contributed by atoms with Crippen molar-refractivity contribution in [2.24, 2.45) is 17.3 Å². The number of ether oxygens (including phenoxy) is 1. The summed E-state index contributed by atoms with van der Waals surface area (Å²) in [6.07, 6.45) is 5.94. The average Bonchev–Trinajstić information content (AvgIpc) is 2.88. The first-order chi connectivity index (χ1) is 9.63. The molecule has 0 bridgehead atoms. The normalized spacial score (nSPS) is 34.8. The SMILES string of the molecule is O=C(C1CCCCC1)N1C[C@H]2COCC[C@@]2(C(=O)O)C1. The number of carbonyl (C=O) groups is 2. The van der Waals surface area contributed by atoms with Gasteiger partial charge in [0, 0.05) is 31.5 Å². The molecule has 0 spiro atoms. The van der Waals surface area contributed by atoms with E-state index in [0.29, 0.717) is 32.7 Å². The molecule has 0 unspecified atom stereocenters. The van der Waals surface area contributed by atoms with Gasteiger partial charge in [-0.15, -0.1) is 0 Å². The number of likely N-dealkylation sites (tertiary alicyclic amines) is 1. The monoisotopic (exact) mass is 281 g/mol. The molecule has 3 aliphatic rings. The van der Waals surface area contributed by atoms with Gasteiger partial charge in [0.15, 0.2) is 0 Å². The van der Waals surface area contributed by atoms with Gasteiger partial charge in [0.25, 0.3) is 0 Å². The van der Waals surface area contributed by atoms with Gasteiger partial charge < -0.3 is 14.7 Å². The highest BCUT2D eigenvalue weighted by Crippen LogP contribution is 2.43. The van der Waals surface area contributed by atoms with Gasteiger partial charge >= 0.3 is 5.97 Å². The van der Waals surface area contributed by atoms with E-state index in [4.69, 9.17) is 4.74 Å². The van der Waals surface area contributed by atoms with E-state index >= 15 is 0 Å². The van der Waals surface area contributed by atoms with E-state index < -0.39 is 11.4 Å². The molecule has 2 saturated heterocycles. The molecule has 2 atom stereocenters. The molecular weight excluding hydrogens is 258 g/mol. The van der Waals surface area contributed by atoms with Gasteiger partial charge in [0.05, 0.1) is 12.0 Å². The van der Waals surface area contributed by atoms with Crippen LogP contribution in [0, 0.1) is 17.3 Å². The quantitative estimate of drug-likeness (QED) is 0.833. The minimum Gasteiger partial charge on any atom is -0.481 e. The van der Waals surface area contributed by atoms with Crippen molar-refractivity contribution < 1.29 is 19.4 Å². The second-order valence-electron chi connectivity index (χ2n) is 6.54. The number of rotatable bonds is 2. The number of carbonyl (C=O) groups excluding carboxylic acids is 1. The third-order valence-electron chi connectivity index (χ3n) is 5.40. The maximum absolute atomic E-state index is 12.6. The summed E-state index contributed by atoms with van der Waals surface area (Å²) in [6.45, 7) is 1.91. The molecule has 0 radical (unpaired) electrons. The number of carboxylic acids is 1. The van der Waals surface area contributed by atoms with Gasteiger partial charge in [-0.2, -0.15) is 0 Å². The van der Waals surface area contributed by atoms with E-state index in [1.807, 2.05) is 4.90 Å². The largest absolute Gasteiger partial charge is 0.481 e. The molecule has 5 heteroatoms. The van der Waals surface area contributed by atoms with E-state index in [2.05, 4.69) is 0 Å². The van der Waals surface area contributed by atoms with Crippen molar-refractivity contribution in [3.63, 3.8) is 0 Å². The smallest absolute Gasteiger partial charge is 0.311 e. The Bertz CT molecular complexity index is 405. The molecule has 3 fully saturated rings. The van der Waals surface area contributed by atoms with Crippen molar-refractivity contribution in [2.75, 3.05) is 26.3 Å². The van der Waals surface area contributed by atoms with Crippen LogP contribution in [0.3, 0.4) is 0 Å². The van der Waals surface area contributed by atoms with E-state index in [1.54, 1.807) is 0 Å². The van der Waals surface area contributed by atoms with Crippen LogP contribution >= 0.6 is 0 Å². The third-order valence-corrected chi connectivity index (χ3v) is 5.40. The lowest BCUT2D eigenvalue weighted by Gasteiger charge is -2.34. The lowest BCUT2D eigenvalue weighted by molar-refractivity contribution is -0.157. The summed E-state index contributed by atoms with van der Waals surface area (Å²) >= 11 is 0. The first-order valence-electron chi connectivity index (χ1n) is 7.73. The molecule has 2 heterocycles. The van der Waals surface area contributed by atoms with Crippen LogP contribution in [0.1, 0.15) is 38.5 Å². The fourth-order valence-electron chi connectivity index (χ4n) is 4.08. The number of carboxylic acid groups (broad SMARTS) is 1. The number of amides is 1. The Balaban J connectivity index is 1.73. The van der Waals surface area contributed by atoms with E-state index in [9.17, 15) is 14.7 Å². The van der Waals surface area contributed by atoms with Gasteiger partial charge in [-0.1, -0.05) is 19.3 Å². The highest BCUT2D eigenvalue weighted by atomic mass is 16.5. The maximum Gasteiger partial charge on any atom is 0.311 e. The molecular formula is C15H23NO4. The number of fused-ring (bicyclic) bond motifs is 1. The second-order valence-corrected chi connectivity index (χ2v) is 6.54. The minimum atomic E-state index is -0.761. The van der Waals surface area contributed by atoms with Crippen LogP contribution in [0.25, 0.3) is 0 Å². The van der Waals surface area contributed by atoms with E-state index in [-0.39, 0.29) is 17.7 Å². The summed E-state index contributed by atoms with van der Waals surface area (Å²) < 4.78 is 5.43. The Morgan fingerprint density at radius 2 is 1.95 bits per heavy atom. The maximum atomic E-state index is 12.6. The van der Waals surface area contributed by atoms with Crippen molar-refractivity contribution in [2.45, 2.75) is 38.5 Å². The molecule has 1 saturated carbocycles. The molecule has 0 aromatic rings. The molecule has 0 aromatic carbocycles. The van der Waals surface area contributed by atoms with Crippen molar-refractivity contribution in [3.8, 4) is 0 Å². The predicted octanol–water partition coefficient (Wildman–Crippen LogP) is 1.52. The predicted molar refractivity (Wildman–Crippen MR) is 72.1 cm³/mol. The lowest BCUT2D eigenvalue weighted by atomic mass is 9.74. The third kappa shape index (κ3) is 2.22. The first-order valence-corrected chi connectivity index (χ1v) is 7.73. The van der Waals surface area contributed by atoms with Crippen LogP contribution in [-0.2, 0) is 14.3 Å². The summed E-state index contributed by atoms with van der Waals surface area (Å²) in [6, 6.07) is 0. The summed E-state index contributed by atoms with van der Waals surface area (Å²) in [5.41, 5.74) is -0.761. The Kier molecular flexibility index (Phi) is 3.71. The zero-order valence-electron chi connectivity index (χ0n) is 11.8. The van der Waals surface area contributed by atoms with Gasteiger partial charge in [-0.05, 0) is 19.3 Å². The standard InChI is InChI=1S/C15H23NO4/c17-13(11-4-2-1-3-5-11)16-8-12-9-20-7-6-15(12,10-16)14(18)19/h11-12H,1-10H2,(H,18,19)/t12-,15+/m0/s1. The Hall–Kier alpha value is -1.10. The summed E-state index contributed by atoms with van der Waals surface area (Å²) in [7, 11) is 0. The zero-order valence-corrected chi connectivity index (χ0v) is 11.8. The number of hydrogen-bond donors (Lipinski definition) is 1. The van der Waals surface area contributed by atoms with Crippen LogP contribution in [0.2, 0.25) is 0 Å². The number of hydrogen-bond acceptors (Lipinski definition) is 3. The first kappa shape index (κ1) is 13.9. The topological polar surface area (TPSA) is 66.8 Å². The van der Waals surface area contributed by atoms with Crippen LogP contribution in [0.15, 0.2) is 0 Å². The molecule has 112 valence electrons. The lowest BCUT2D eigenvalue weighted by Crippen LogP contribution is -2.45. The molecule has 1 amide bonds. The van der Waals surface area contributed by atoms with Gasteiger partial charge in [-0.25, -0.2) is 0 Å². The molecule has 2 aliphatic heterocycles. The molecule has 5 nitrogen and oxygen atoms in total. The van der Waals surface area contributed by atoms with Crippen LogP contribution in [0.4, 0.5) is 0 Å². The van der Waals surface area contributed by atoms with Gasteiger partial charge in [-0.3, -0.25) is 9.59 Å². The van der Waals surface area contributed by atoms with Crippen molar-refractivity contribution in [1.82, 2.24) is 4.90 Å². The van der Waals surface area contributed by atoms with Crippen molar-refractivity contribution in [3.05, 3.63) is 0 Å². The van der Waals surface area contributed by atoms with Crippen LogP contribution in [0.5, 0.6) is 0 Å². The molecule has 20 heavy (non-hydrogen) atoms. The minimum absolute atomic E-state index is 0.0405. The highest BCUT2D eigenvalue weighted by Gasteiger charge is 2.55. The average molecular weight is 281 g/mol. The summed E-state index contributed by atoms with van der Waals surface area (Å²) in [5, 5.41) is 9.62. The number of aliphatic carboxylic acids is 1. The fourth-order valence-corrected chi connectivity index (χ4v) is 4.08. The fraction of sp³-hybridized carbons (Fsp3) is 0.867. The Labute approximate surface area is 119 Å². The molecule has 3 rings (SSSR count). The highest BCUT2D eigenvalue weighted by molar-refractivity contribution is 5.82. The number of nitrogens with zero attached hydrogens (tertiary/aromatic N) is 1. The summed E-state index contributed by atoms with van der Waals surface area (Å²) in [5.74, 6) is -0.499. The van der Waals surface area contributed by atoms with Crippen molar-refractivity contribution >= 4 is 11.9 Å². The molecule has 1 aliphatic carbocycles. The van der Waals surface area contributed by atoms with Crippen LogP contribution in [-0.4, -0.2) is 48.2 Å². The second kappa shape index (κ2) is 5.35. The van der Waals surface area contributed by atoms with Gasteiger partial charge in [0.1, 0.15) is 0 Å². The molecule has 0 aromatic heterocycles. The van der Waals surface area contributed by atoms with Crippen molar-refractivity contribution in [1.29, 1.82) is 0 Å². The molecule has 1 N–H and O–H groups in total. The zero-order chi connectivity index (χ0) is 14.2. The van der Waals surface area contributed by atoms with E-state index in [1.165, 1.54) is 6.42 Å². The Morgan fingerprint density at radius 1 is 1.20 bits per heavy atom. The Morgan fingerprint density at radius 3 is 2.60 bits per heavy atom. The van der Waals surface area contributed by atoms with Crippen LogP contribution < -0.4 is 0 Å². The summed E-state index contributed by atoms with van der Waals surface area (Å²) in [4.78, 5) is 26.1. The van der Waals surface area contributed by atoms with E-state index in [0.717, 1.165) is 25.7 Å². The van der Waals surface area contributed by atoms with Gasteiger partial charge in [0.2, 0.25) is 5.91 Å².